The molecule has 1 N–H and O–H groups in total. The molecular weight excluding hydrogens is 355 g/mol. The van der Waals surface area contributed by atoms with Crippen LogP contribution in [0.25, 0.3) is 0 Å². The standard InChI is InChI=1S/C17H22F3NO3S/c1-12-9-13(17(18,19)20)11-14(10-12)25(23)8-6-5-7-21-15(22)24-16(2,3)4/h6,8-11H,5,7H2,1-4H3,(H,21,22)/b8-6+. The number of ether oxygens (including phenoxy) is 1. The lowest BCUT2D eigenvalue weighted by atomic mass is 10.1. The number of nitrogens with one attached hydrogen (secondary N) is 1. The average Bonchev–Trinajstić information content (AvgIpc) is 2.43. The molecule has 0 aliphatic carbocycles. The van der Waals surface area contributed by atoms with Crippen molar-refractivity contribution in [2.75, 3.05) is 6.54 Å². The van der Waals surface area contributed by atoms with Gasteiger partial charge in [0.25, 0.3) is 0 Å². The molecule has 0 saturated heterocycles. The number of hydrogen-bond donors (Lipinski definition) is 1. The van der Waals surface area contributed by atoms with E-state index in [0.29, 0.717) is 12.0 Å². The zero-order valence-corrected chi connectivity index (χ0v) is 15.4. The van der Waals surface area contributed by atoms with Gasteiger partial charge in [0.15, 0.2) is 0 Å². The van der Waals surface area contributed by atoms with E-state index in [1.807, 2.05) is 0 Å². The van der Waals surface area contributed by atoms with Gasteiger partial charge >= 0.3 is 12.3 Å². The van der Waals surface area contributed by atoms with Crippen molar-refractivity contribution in [3.8, 4) is 0 Å². The molecule has 0 bridgehead atoms. The highest BCUT2D eigenvalue weighted by Gasteiger charge is 2.31. The van der Waals surface area contributed by atoms with E-state index in [9.17, 15) is 22.2 Å². The third kappa shape index (κ3) is 8.20. The summed E-state index contributed by atoms with van der Waals surface area (Å²) in [5.74, 6) is 0. The number of hydrogen-bond acceptors (Lipinski definition) is 3. The van der Waals surface area contributed by atoms with Crippen LogP contribution in [0.1, 0.15) is 38.3 Å². The van der Waals surface area contributed by atoms with E-state index in [2.05, 4.69) is 5.32 Å². The van der Waals surface area contributed by atoms with E-state index < -0.39 is 34.2 Å². The van der Waals surface area contributed by atoms with Crippen molar-refractivity contribution in [3.05, 3.63) is 40.8 Å². The lowest BCUT2D eigenvalue weighted by molar-refractivity contribution is -0.137. The van der Waals surface area contributed by atoms with Crippen molar-refractivity contribution in [1.82, 2.24) is 5.32 Å². The Bertz CT molecular complexity index is 664. The Morgan fingerprint density at radius 1 is 1.24 bits per heavy atom. The van der Waals surface area contributed by atoms with E-state index in [4.69, 9.17) is 4.74 Å². The number of halogens is 3. The molecule has 1 amide bonds. The van der Waals surface area contributed by atoms with Crippen LogP contribution in [-0.2, 0) is 21.7 Å². The predicted octanol–water partition coefficient (Wildman–Crippen LogP) is 4.55. The fraction of sp³-hybridized carbons (Fsp3) is 0.471. The minimum absolute atomic E-state index is 0.0867. The molecule has 0 aliphatic heterocycles. The van der Waals surface area contributed by atoms with Gasteiger partial charge in [-0.15, -0.1) is 0 Å². The molecule has 1 atom stereocenters. The van der Waals surface area contributed by atoms with Gasteiger partial charge in [-0.2, -0.15) is 13.2 Å². The van der Waals surface area contributed by atoms with Gasteiger partial charge in [0.2, 0.25) is 0 Å². The highest BCUT2D eigenvalue weighted by molar-refractivity contribution is 7.88. The Balaban J connectivity index is 2.58. The largest absolute Gasteiger partial charge is 0.444 e. The number of alkyl carbamates (subject to hydrolysis) is 1. The van der Waals surface area contributed by atoms with Gasteiger partial charge in [0.05, 0.1) is 16.4 Å². The number of alkyl halides is 3. The third-order valence-corrected chi connectivity index (χ3v) is 3.95. The first kappa shape index (κ1) is 21.2. The van der Waals surface area contributed by atoms with Crippen LogP contribution >= 0.6 is 0 Å². The highest BCUT2D eigenvalue weighted by atomic mass is 32.2. The second-order valence-electron chi connectivity index (χ2n) is 6.42. The first-order valence-electron chi connectivity index (χ1n) is 7.61. The maximum atomic E-state index is 12.8. The zero-order chi connectivity index (χ0) is 19.3. The summed E-state index contributed by atoms with van der Waals surface area (Å²) in [5.41, 5.74) is -1.03. The van der Waals surface area contributed by atoms with Gasteiger partial charge in [0, 0.05) is 16.8 Å². The summed E-state index contributed by atoms with van der Waals surface area (Å²) >= 11 is 0. The second kappa shape index (κ2) is 8.51. The van der Waals surface area contributed by atoms with Gasteiger partial charge in [0.1, 0.15) is 5.60 Å². The Hall–Kier alpha value is -1.83. The molecule has 1 unspecified atom stereocenters. The molecule has 1 aromatic rings. The molecule has 1 rings (SSSR count). The molecule has 8 heteroatoms. The maximum absolute atomic E-state index is 12.8. The summed E-state index contributed by atoms with van der Waals surface area (Å²) in [5, 5.41) is 3.84. The van der Waals surface area contributed by atoms with Crippen molar-refractivity contribution in [1.29, 1.82) is 0 Å². The first-order chi connectivity index (χ1) is 11.4. The SMILES string of the molecule is Cc1cc(S(=O)/C=C/CCNC(=O)OC(C)(C)C)cc(C(F)(F)F)c1. The van der Waals surface area contributed by atoms with Crippen molar-refractivity contribution < 1.29 is 26.9 Å². The molecule has 0 saturated carbocycles. The number of rotatable bonds is 5. The monoisotopic (exact) mass is 377 g/mol. The molecular formula is C17H22F3NO3S. The zero-order valence-electron chi connectivity index (χ0n) is 14.6. The smallest absolute Gasteiger partial charge is 0.416 e. The van der Waals surface area contributed by atoms with Crippen molar-refractivity contribution in [2.45, 2.75) is 50.8 Å². The molecule has 0 aromatic heterocycles. The third-order valence-electron chi connectivity index (χ3n) is 2.81. The lowest BCUT2D eigenvalue weighted by Gasteiger charge is -2.19. The van der Waals surface area contributed by atoms with E-state index in [0.717, 1.165) is 12.1 Å². The molecule has 0 radical (unpaired) electrons. The van der Waals surface area contributed by atoms with Crippen molar-refractivity contribution in [3.63, 3.8) is 0 Å². The van der Waals surface area contributed by atoms with E-state index >= 15 is 0 Å². The van der Waals surface area contributed by atoms with Crippen LogP contribution in [0.2, 0.25) is 0 Å². The second-order valence-corrected chi connectivity index (χ2v) is 7.76. The molecule has 0 fully saturated rings. The Morgan fingerprint density at radius 2 is 1.88 bits per heavy atom. The Labute approximate surface area is 147 Å². The van der Waals surface area contributed by atoms with E-state index in [1.54, 1.807) is 26.8 Å². The normalized spacial score (nSPS) is 13.7. The van der Waals surface area contributed by atoms with Crippen LogP contribution < -0.4 is 5.32 Å². The Kier molecular flexibility index (Phi) is 7.22. The molecule has 0 spiro atoms. The van der Waals surface area contributed by atoms with Crippen LogP contribution in [0.3, 0.4) is 0 Å². The molecule has 4 nitrogen and oxygen atoms in total. The summed E-state index contributed by atoms with van der Waals surface area (Å²) in [6.07, 6.45) is -3.12. The van der Waals surface area contributed by atoms with Gasteiger partial charge in [-0.3, -0.25) is 0 Å². The van der Waals surface area contributed by atoms with Crippen LogP contribution in [0.4, 0.5) is 18.0 Å². The number of carbonyl (C=O) groups is 1. The van der Waals surface area contributed by atoms with Gasteiger partial charge < -0.3 is 10.1 Å². The number of carbonyl (C=O) groups excluding carboxylic acids is 1. The maximum Gasteiger partial charge on any atom is 0.416 e. The molecule has 1 aromatic carbocycles. The van der Waals surface area contributed by atoms with E-state index in [1.165, 1.54) is 18.4 Å². The fourth-order valence-corrected chi connectivity index (χ4v) is 2.85. The molecule has 0 heterocycles. The highest BCUT2D eigenvalue weighted by Crippen LogP contribution is 2.31. The lowest BCUT2D eigenvalue weighted by Crippen LogP contribution is -2.32. The van der Waals surface area contributed by atoms with Crippen molar-refractivity contribution >= 4 is 16.9 Å². The number of benzene rings is 1. The number of aryl methyl sites for hydroxylation is 1. The molecule has 140 valence electrons. The average molecular weight is 377 g/mol. The van der Waals surface area contributed by atoms with Crippen LogP contribution in [0.5, 0.6) is 0 Å². The van der Waals surface area contributed by atoms with Crippen LogP contribution in [0.15, 0.2) is 34.6 Å². The molecule has 0 aliphatic rings. The van der Waals surface area contributed by atoms with Gasteiger partial charge in [-0.05, 0) is 57.9 Å². The minimum atomic E-state index is -4.48. The topological polar surface area (TPSA) is 55.4 Å². The van der Waals surface area contributed by atoms with Crippen LogP contribution in [-0.4, -0.2) is 22.4 Å². The number of amides is 1. The molecule has 25 heavy (non-hydrogen) atoms. The summed E-state index contributed by atoms with van der Waals surface area (Å²) in [4.78, 5) is 11.5. The summed E-state index contributed by atoms with van der Waals surface area (Å²) in [7, 11) is -1.69. The fourth-order valence-electron chi connectivity index (χ4n) is 1.83. The Morgan fingerprint density at radius 3 is 2.44 bits per heavy atom. The van der Waals surface area contributed by atoms with E-state index in [-0.39, 0.29) is 11.4 Å². The summed E-state index contributed by atoms with van der Waals surface area (Å²) in [6, 6.07) is 3.34. The minimum Gasteiger partial charge on any atom is -0.444 e. The summed E-state index contributed by atoms with van der Waals surface area (Å²) < 4.78 is 55.5. The predicted molar refractivity (Wildman–Crippen MR) is 90.6 cm³/mol. The van der Waals surface area contributed by atoms with Gasteiger partial charge in [-0.1, -0.05) is 6.08 Å². The van der Waals surface area contributed by atoms with Gasteiger partial charge in [-0.25, -0.2) is 9.00 Å². The summed E-state index contributed by atoms with van der Waals surface area (Å²) in [6.45, 7) is 7.01. The van der Waals surface area contributed by atoms with Crippen molar-refractivity contribution in [2.24, 2.45) is 0 Å². The quantitative estimate of drug-likeness (QED) is 0.766. The first-order valence-corrected chi connectivity index (χ1v) is 8.83. The van der Waals surface area contributed by atoms with Crippen LogP contribution in [0, 0.1) is 6.92 Å².